The molecule has 2 aromatic carbocycles. The number of amides is 1. The number of nitrogens with zero attached hydrogens (tertiary/aromatic N) is 6. The van der Waals surface area contributed by atoms with Gasteiger partial charge in [0.05, 0.1) is 29.7 Å². The largest absolute Gasteiger partial charge is 0.475 e. The molecule has 4 atom stereocenters. The van der Waals surface area contributed by atoms with Crippen molar-refractivity contribution < 1.29 is 13.9 Å². The molecular weight excluding hydrogens is 555 g/mol. The maximum atomic E-state index is 13.9. The molecule has 2 aliphatic carbocycles. The highest BCUT2D eigenvalue weighted by molar-refractivity contribution is 5.98. The zero-order valence-corrected chi connectivity index (χ0v) is 24.9. The Morgan fingerprint density at radius 1 is 1.18 bits per heavy atom. The maximum Gasteiger partial charge on any atom is 0.282 e. The van der Waals surface area contributed by atoms with Crippen molar-refractivity contribution in [3.63, 3.8) is 0 Å². The van der Waals surface area contributed by atoms with Crippen molar-refractivity contribution in [2.24, 2.45) is 5.92 Å². The van der Waals surface area contributed by atoms with Gasteiger partial charge in [-0.25, -0.2) is 9.37 Å². The number of hydrogen-bond acceptors (Lipinski definition) is 7. The fraction of sp³-hybridized carbons (Fsp3) is 0.429. The molecule has 1 amide bonds. The number of ether oxygens (including phenoxy) is 1. The number of fused-ring (bicyclic) bond motifs is 4. The second kappa shape index (κ2) is 11.2. The summed E-state index contributed by atoms with van der Waals surface area (Å²) in [6.45, 7) is 5.43. The van der Waals surface area contributed by atoms with Crippen molar-refractivity contribution in [2.75, 3.05) is 44.7 Å². The Kier molecular flexibility index (Phi) is 7.22. The molecule has 0 bridgehead atoms. The Morgan fingerprint density at radius 2 is 2.05 bits per heavy atom. The molecule has 2 unspecified atom stereocenters. The van der Waals surface area contributed by atoms with E-state index in [9.17, 15) is 19.7 Å². The van der Waals surface area contributed by atoms with Crippen molar-refractivity contribution >= 4 is 22.5 Å². The average molecular weight is 591 g/mol. The van der Waals surface area contributed by atoms with Gasteiger partial charge in [0.1, 0.15) is 18.2 Å². The minimum Gasteiger partial charge on any atom is -0.475 e. The molecule has 0 radical (unpaired) electrons. The SMILES string of the molecule is C=C(F)C(=O)N1CCN(c2c(C#N)c(OC[C@@H]3CCCN3C)nc3cc(-c4cccc5c4C4CC4C5)ccc23)C[C@@H]1CC#N. The monoisotopic (exact) mass is 590 g/mol. The summed E-state index contributed by atoms with van der Waals surface area (Å²) in [6.07, 6.45) is 4.57. The quantitative estimate of drug-likeness (QED) is 0.344. The Bertz CT molecular complexity index is 1760. The number of nitriles is 2. The molecule has 7 rings (SSSR count). The number of carbonyl (C=O) groups is 1. The van der Waals surface area contributed by atoms with Gasteiger partial charge in [0.25, 0.3) is 5.91 Å². The number of rotatable bonds is 7. The van der Waals surface area contributed by atoms with Gasteiger partial charge in [-0.2, -0.15) is 10.5 Å². The van der Waals surface area contributed by atoms with Gasteiger partial charge in [-0.3, -0.25) is 4.79 Å². The van der Waals surface area contributed by atoms with Gasteiger partial charge in [0.15, 0.2) is 5.83 Å². The van der Waals surface area contributed by atoms with Crippen LogP contribution in [0.1, 0.15) is 48.3 Å². The van der Waals surface area contributed by atoms with Crippen LogP contribution in [0.3, 0.4) is 0 Å². The van der Waals surface area contributed by atoms with Crippen LogP contribution < -0.4 is 9.64 Å². The van der Waals surface area contributed by atoms with Gasteiger partial charge in [-0.1, -0.05) is 36.9 Å². The van der Waals surface area contributed by atoms with E-state index in [4.69, 9.17) is 9.72 Å². The van der Waals surface area contributed by atoms with Crippen LogP contribution in [0.2, 0.25) is 0 Å². The number of carbonyl (C=O) groups excluding carboxylic acids is 1. The minimum atomic E-state index is -1.04. The number of anilines is 1. The van der Waals surface area contributed by atoms with E-state index in [-0.39, 0.29) is 25.6 Å². The Balaban J connectivity index is 1.32. The number of hydrogen-bond donors (Lipinski definition) is 0. The van der Waals surface area contributed by atoms with Crippen LogP contribution in [-0.2, 0) is 11.2 Å². The van der Waals surface area contributed by atoms with Crippen molar-refractivity contribution in [1.29, 1.82) is 10.5 Å². The molecule has 2 aliphatic heterocycles. The lowest BCUT2D eigenvalue weighted by atomic mass is 9.93. The number of aromatic nitrogens is 1. The molecule has 1 aromatic heterocycles. The zero-order chi connectivity index (χ0) is 30.5. The summed E-state index contributed by atoms with van der Waals surface area (Å²) in [4.78, 5) is 23.2. The summed E-state index contributed by atoms with van der Waals surface area (Å²) in [6, 6.07) is 17.0. The molecule has 3 aromatic rings. The van der Waals surface area contributed by atoms with Gasteiger partial charge in [0.2, 0.25) is 5.88 Å². The summed E-state index contributed by atoms with van der Waals surface area (Å²) >= 11 is 0. The lowest BCUT2D eigenvalue weighted by Crippen LogP contribution is -2.55. The third-order valence-electron chi connectivity index (χ3n) is 10.0. The molecule has 8 nitrogen and oxygen atoms in total. The molecule has 0 N–H and O–H groups in total. The fourth-order valence-electron chi connectivity index (χ4n) is 7.64. The number of benzene rings is 2. The third kappa shape index (κ3) is 4.86. The van der Waals surface area contributed by atoms with Gasteiger partial charge < -0.3 is 19.4 Å². The summed E-state index contributed by atoms with van der Waals surface area (Å²) in [5.74, 6) is -0.142. The minimum absolute atomic E-state index is 0.0310. The number of pyridine rings is 1. The van der Waals surface area contributed by atoms with E-state index in [0.717, 1.165) is 48.2 Å². The molecule has 9 heteroatoms. The topological polar surface area (TPSA) is 96.5 Å². The van der Waals surface area contributed by atoms with E-state index in [2.05, 4.69) is 61.0 Å². The van der Waals surface area contributed by atoms with Crippen molar-refractivity contribution in [1.82, 2.24) is 14.8 Å². The number of halogens is 1. The van der Waals surface area contributed by atoms with Crippen LogP contribution in [0.25, 0.3) is 22.0 Å². The van der Waals surface area contributed by atoms with Crippen molar-refractivity contribution in [2.45, 2.75) is 50.1 Å². The molecule has 3 fully saturated rings. The highest BCUT2D eigenvalue weighted by Crippen LogP contribution is 2.58. The average Bonchev–Trinajstić information content (AvgIpc) is 3.50. The van der Waals surface area contributed by atoms with Gasteiger partial charge in [-0.15, -0.1) is 0 Å². The molecule has 0 spiro atoms. The van der Waals surface area contributed by atoms with Crippen LogP contribution in [0, 0.1) is 28.6 Å². The van der Waals surface area contributed by atoms with Crippen LogP contribution in [0.5, 0.6) is 5.88 Å². The smallest absolute Gasteiger partial charge is 0.282 e. The first kappa shape index (κ1) is 28.3. The molecule has 4 aliphatic rings. The lowest BCUT2D eigenvalue weighted by molar-refractivity contribution is -0.131. The zero-order valence-electron chi connectivity index (χ0n) is 24.9. The molecule has 44 heavy (non-hydrogen) atoms. The molecular formula is C35H35FN6O2. The Hall–Kier alpha value is -4.47. The fourth-order valence-corrected chi connectivity index (χ4v) is 7.64. The second-order valence-corrected chi connectivity index (χ2v) is 12.6. The maximum absolute atomic E-state index is 13.9. The van der Waals surface area contributed by atoms with Gasteiger partial charge >= 0.3 is 0 Å². The summed E-state index contributed by atoms with van der Waals surface area (Å²) in [7, 11) is 2.09. The van der Waals surface area contributed by atoms with Gasteiger partial charge in [-0.05, 0) is 79.4 Å². The number of piperazine rings is 1. The third-order valence-corrected chi connectivity index (χ3v) is 10.0. The second-order valence-electron chi connectivity index (χ2n) is 12.6. The number of likely N-dealkylation sites (tertiary alicyclic amines) is 1. The Morgan fingerprint density at radius 3 is 2.80 bits per heavy atom. The first-order chi connectivity index (χ1) is 21.4. The predicted octanol–water partition coefficient (Wildman–Crippen LogP) is 5.32. The van der Waals surface area contributed by atoms with E-state index in [1.54, 1.807) is 0 Å². The highest BCUT2D eigenvalue weighted by Gasteiger charge is 2.46. The Labute approximate surface area is 256 Å². The lowest BCUT2D eigenvalue weighted by Gasteiger charge is -2.42. The van der Waals surface area contributed by atoms with Crippen LogP contribution in [-0.4, -0.2) is 72.6 Å². The highest BCUT2D eigenvalue weighted by atomic mass is 19.1. The van der Waals surface area contributed by atoms with Crippen LogP contribution >= 0.6 is 0 Å². The van der Waals surface area contributed by atoms with Crippen molar-refractivity contribution in [3.05, 3.63) is 65.5 Å². The van der Waals surface area contributed by atoms with Crippen LogP contribution in [0.15, 0.2) is 48.8 Å². The van der Waals surface area contributed by atoms with Crippen molar-refractivity contribution in [3.8, 4) is 29.1 Å². The van der Waals surface area contributed by atoms with E-state index in [1.165, 1.54) is 28.0 Å². The van der Waals surface area contributed by atoms with E-state index < -0.39 is 17.8 Å². The standard InChI is InChI=1S/C35H35FN6O2/c1-21(36)35(43)42-14-13-41(19-25(42)10-11-37)33-28-9-8-22(27-7-3-5-23-15-24-16-29(24)32(23)27)17-31(28)39-34(30(33)18-38)44-20-26-6-4-12-40(26)2/h3,5,7-9,17,24-26,29H,1,4,6,10,12-16,19-20H2,2H3/t24?,25-,26-,29?/m0/s1. The molecule has 2 saturated heterocycles. The summed E-state index contributed by atoms with van der Waals surface area (Å²) < 4.78 is 20.2. The summed E-state index contributed by atoms with van der Waals surface area (Å²) in [5, 5.41) is 20.8. The predicted molar refractivity (Wildman–Crippen MR) is 166 cm³/mol. The summed E-state index contributed by atoms with van der Waals surface area (Å²) in [5.41, 5.74) is 6.96. The first-order valence-corrected chi connectivity index (χ1v) is 15.5. The normalized spacial score (nSPS) is 24.0. The molecule has 224 valence electrons. The van der Waals surface area contributed by atoms with E-state index in [0.29, 0.717) is 36.2 Å². The van der Waals surface area contributed by atoms with Gasteiger partial charge in [0, 0.05) is 31.1 Å². The molecule has 3 heterocycles. The van der Waals surface area contributed by atoms with E-state index >= 15 is 0 Å². The number of likely N-dealkylation sites (N-methyl/N-ethyl adjacent to an activating group) is 1. The van der Waals surface area contributed by atoms with Crippen LogP contribution in [0.4, 0.5) is 10.1 Å². The van der Waals surface area contributed by atoms with E-state index in [1.807, 2.05) is 11.0 Å². The molecule has 1 saturated carbocycles. The first-order valence-electron chi connectivity index (χ1n) is 15.5.